The number of para-hydroxylation sites is 1. The molecule has 0 radical (unpaired) electrons. The van der Waals surface area contributed by atoms with Gasteiger partial charge >= 0.3 is 6.18 Å². The first-order chi connectivity index (χ1) is 13.4. The summed E-state index contributed by atoms with van der Waals surface area (Å²) < 4.78 is 41.9. The van der Waals surface area contributed by atoms with Gasteiger partial charge in [-0.05, 0) is 23.8 Å². The third-order valence-corrected chi connectivity index (χ3v) is 4.92. The molecule has 4 rings (SSSR count). The van der Waals surface area contributed by atoms with E-state index >= 15 is 0 Å². The molecule has 0 aliphatic heterocycles. The van der Waals surface area contributed by atoms with E-state index in [9.17, 15) is 18.0 Å². The van der Waals surface area contributed by atoms with Crippen molar-refractivity contribution in [2.45, 2.75) is 12.7 Å². The summed E-state index contributed by atoms with van der Waals surface area (Å²) in [6, 6.07) is 10.5. The van der Waals surface area contributed by atoms with Gasteiger partial charge < -0.3 is 0 Å². The zero-order chi connectivity index (χ0) is 19.7. The van der Waals surface area contributed by atoms with Gasteiger partial charge in [0.15, 0.2) is 5.69 Å². The van der Waals surface area contributed by atoms with E-state index in [1.54, 1.807) is 48.8 Å². The molecule has 0 saturated heterocycles. The number of hydrogen-bond donors (Lipinski definition) is 1. The number of H-pyrrole nitrogens is 1. The number of thiazole rings is 1. The van der Waals surface area contributed by atoms with Crippen LogP contribution in [0.2, 0.25) is 0 Å². The van der Waals surface area contributed by atoms with E-state index in [0.717, 1.165) is 26.9 Å². The molecule has 0 aliphatic carbocycles. The molecule has 0 fully saturated rings. The first-order valence-electron chi connectivity index (χ1n) is 8.10. The summed E-state index contributed by atoms with van der Waals surface area (Å²) in [5.41, 5.74) is -1.26. The van der Waals surface area contributed by atoms with E-state index in [0.29, 0.717) is 11.1 Å². The van der Waals surface area contributed by atoms with Crippen LogP contribution < -0.4 is 5.56 Å². The number of hydrogen-bond acceptors (Lipinski definition) is 5. The Hall–Kier alpha value is -3.27. The number of alkyl halides is 3. The number of benzene rings is 1. The van der Waals surface area contributed by atoms with Gasteiger partial charge in [0.1, 0.15) is 0 Å². The number of halogens is 3. The molecule has 0 aliphatic rings. The molecule has 0 unspecified atom stereocenters. The second kappa shape index (κ2) is 7.04. The van der Waals surface area contributed by atoms with E-state index < -0.39 is 23.0 Å². The Labute approximate surface area is 160 Å². The van der Waals surface area contributed by atoms with Crippen molar-refractivity contribution in [3.05, 3.63) is 76.0 Å². The second-order valence-corrected chi connectivity index (χ2v) is 6.84. The van der Waals surface area contributed by atoms with E-state index in [4.69, 9.17) is 0 Å². The molecule has 10 heteroatoms. The van der Waals surface area contributed by atoms with Crippen LogP contribution in [-0.4, -0.2) is 26.0 Å². The van der Waals surface area contributed by atoms with Crippen molar-refractivity contribution in [2.24, 2.45) is 4.99 Å². The number of nitrogens with zero attached hydrogens (tertiary/aromatic N) is 4. The molecule has 0 saturated carbocycles. The zero-order valence-corrected chi connectivity index (χ0v) is 15.0. The standard InChI is InChI=1S/C18H12F3N5OS/c19-18(20,21)15-12(10-23-9-11-4-3-7-22-8-11)16(27)26(25-15)17-24-13-5-1-2-6-14(13)28-17/h1-8,10,25H,9H2. The average molecular weight is 403 g/mol. The molecule has 0 amide bonds. The lowest BCUT2D eigenvalue weighted by Gasteiger charge is -2.03. The number of fused-ring (bicyclic) bond motifs is 1. The van der Waals surface area contributed by atoms with Crippen LogP contribution in [0.1, 0.15) is 16.8 Å². The lowest BCUT2D eigenvalue weighted by Crippen LogP contribution is -2.17. The van der Waals surface area contributed by atoms with Gasteiger partial charge in [0.25, 0.3) is 5.56 Å². The molecule has 0 atom stereocenters. The van der Waals surface area contributed by atoms with Crippen LogP contribution in [0.4, 0.5) is 13.2 Å². The van der Waals surface area contributed by atoms with Gasteiger partial charge in [-0.25, -0.2) is 4.98 Å². The molecule has 3 heterocycles. The Morgan fingerprint density at radius 1 is 1.21 bits per heavy atom. The monoisotopic (exact) mass is 403 g/mol. The lowest BCUT2D eigenvalue weighted by atomic mass is 10.2. The van der Waals surface area contributed by atoms with Crippen molar-refractivity contribution in [2.75, 3.05) is 0 Å². The van der Waals surface area contributed by atoms with Crippen molar-refractivity contribution < 1.29 is 13.2 Å². The SMILES string of the molecule is O=c1c(C=NCc2cccnc2)c(C(F)(F)F)[nH]n1-c1nc2ccccc2s1. The summed E-state index contributed by atoms with van der Waals surface area (Å²) >= 11 is 1.12. The topological polar surface area (TPSA) is 75.9 Å². The van der Waals surface area contributed by atoms with Gasteiger partial charge in [0, 0.05) is 18.6 Å². The van der Waals surface area contributed by atoms with Crippen LogP contribution in [0.3, 0.4) is 0 Å². The molecule has 3 aromatic heterocycles. The highest BCUT2D eigenvalue weighted by Gasteiger charge is 2.38. The quantitative estimate of drug-likeness (QED) is 0.527. The number of nitrogens with one attached hydrogen (secondary N) is 1. The molecule has 0 spiro atoms. The predicted molar refractivity (Wildman–Crippen MR) is 100 cm³/mol. The molecule has 4 aromatic rings. The number of pyridine rings is 1. The van der Waals surface area contributed by atoms with Gasteiger partial charge in [-0.3, -0.25) is 19.9 Å². The fraction of sp³-hybridized carbons (Fsp3) is 0.111. The number of aromatic nitrogens is 4. The molecule has 142 valence electrons. The van der Waals surface area contributed by atoms with Crippen LogP contribution >= 0.6 is 11.3 Å². The smallest absolute Gasteiger partial charge is 0.287 e. The zero-order valence-electron chi connectivity index (χ0n) is 14.1. The summed E-state index contributed by atoms with van der Waals surface area (Å²) in [5, 5.41) is 2.27. The number of rotatable bonds is 4. The predicted octanol–water partition coefficient (Wildman–Crippen LogP) is 3.81. The van der Waals surface area contributed by atoms with E-state index in [-0.39, 0.29) is 11.7 Å². The molecule has 6 nitrogen and oxygen atoms in total. The lowest BCUT2D eigenvalue weighted by molar-refractivity contribution is -0.141. The van der Waals surface area contributed by atoms with Gasteiger partial charge in [-0.15, -0.1) is 0 Å². The van der Waals surface area contributed by atoms with Crippen molar-refractivity contribution in [3.63, 3.8) is 0 Å². The Bertz CT molecular complexity index is 1170. The highest BCUT2D eigenvalue weighted by molar-refractivity contribution is 7.20. The van der Waals surface area contributed by atoms with Crippen molar-refractivity contribution in [3.8, 4) is 5.13 Å². The molecule has 0 bridgehead atoms. The van der Waals surface area contributed by atoms with Crippen LogP contribution in [0.25, 0.3) is 15.3 Å². The number of aliphatic imine (C=N–C) groups is 1. The average Bonchev–Trinajstić information content (AvgIpc) is 3.24. The maximum atomic E-state index is 13.4. The van der Waals surface area contributed by atoms with Crippen molar-refractivity contribution in [1.82, 2.24) is 19.7 Å². The Morgan fingerprint density at radius 3 is 2.75 bits per heavy atom. The first-order valence-corrected chi connectivity index (χ1v) is 8.92. The van der Waals surface area contributed by atoms with Crippen LogP contribution in [0.15, 0.2) is 58.6 Å². The van der Waals surface area contributed by atoms with Crippen molar-refractivity contribution >= 4 is 27.8 Å². The molecular formula is C18H12F3N5OS. The number of aromatic amines is 1. The largest absolute Gasteiger partial charge is 0.433 e. The van der Waals surface area contributed by atoms with Gasteiger partial charge in [-0.2, -0.15) is 17.9 Å². The van der Waals surface area contributed by atoms with Gasteiger partial charge in [0.2, 0.25) is 5.13 Å². The Morgan fingerprint density at radius 2 is 2.04 bits per heavy atom. The van der Waals surface area contributed by atoms with E-state index in [1.807, 2.05) is 0 Å². The minimum atomic E-state index is -4.74. The van der Waals surface area contributed by atoms with E-state index in [1.165, 1.54) is 0 Å². The summed E-state index contributed by atoms with van der Waals surface area (Å²) in [4.78, 5) is 24.8. The fourth-order valence-corrected chi connectivity index (χ4v) is 3.54. The first kappa shape index (κ1) is 18.1. The molecular weight excluding hydrogens is 391 g/mol. The van der Waals surface area contributed by atoms with Crippen molar-refractivity contribution in [1.29, 1.82) is 0 Å². The minimum absolute atomic E-state index is 0.108. The molecule has 28 heavy (non-hydrogen) atoms. The summed E-state index contributed by atoms with van der Waals surface area (Å²) in [7, 11) is 0. The highest BCUT2D eigenvalue weighted by atomic mass is 32.1. The van der Waals surface area contributed by atoms with Gasteiger partial charge in [0.05, 0.1) is 22.3 Å². The van der Waals surface area contributed by atoms with Crippen LogP contribution in [0, 0.1) is 0 Å². The van der Waals surface area contributed by atoms with Crippen LogP contribution in [0.5, 0.6) is 0 Å². The Balaban J connectivity index is 1.76. The Kier molecular flexibility index (Phi) is 4.55. The molecule has 1 N–H and O–H groups in total. The summed E-state index contributed by atoms with van der Waals surface area (Å²) in [6.45, 7) is 0.108. The summed E-state index contributed by atoms with van der Waals surface area (Å²) in [5.74, 6) is 0. The second-order valence-electron chi connectivity index (χ2n) is 5.83. The normalized spacial score (nSPS) is 12.2. The maximum absolute atomic E-state index is 13.4. The highest BCUT2D eigenvalue weighted by Crippen LogP contribution is 2.30. The third-order valence-electron chi connectivity index (χ3n) is 3.90. The third kappa shape index (κ3) is 3.46. The maximum Gasteiger partial charge on any atom is 0.433 e. The molecule has 1 aromatic carbocycles. The van der Waals surface area contributed by atoms with Crippen LogP contribution in [-0.2, 0) is 12.7 Å². The van der Waals surface area contributed by atoms with Gasteiger partial charge in [-0.1, -0.05) is 29.5 Å². The minimum Gasteiger partial charge on any atom is -0.287 e. The fourth-order valence-electron chi connectivity index (χ4n) is 2.61. The van der Waals surface area contributed by atoms with E-state index in [2.05, 4.69) is 20.1 Å². The summed E-state index contributed by atoms with van der Waals surface area (Å²) in [6.07, 6.45) is -0.661.